The topological polar surface area (TPSA) is 62.9 Å². The predicted molar refractivity (Wildman–Crippen MR) is 48.5 cm³/mol. The molecule has 0 aromatic heterocycles. The minimum absolute atomic E-state index is 0.111. The van der Waals surface area contributed by atoms with Crippen molar-refractivity contribution in [2.75, 3.05) is 13.7 Å². The summed E-state index contributed by atoms with van der Waals surface area (Å²) >= 11 is 0. The Morgan fingerprint density at radius 1 is 1.29 bits per heavy atom. The van der Waals surface area contributed by atoms with Gasteiger partial charge in [0, 0.05) is 13.7 Å². The van der Waals surface area contributed by atoms with Crippen molar-refractivity contribution >= 4 is 0 Å². The average molecular weight is 203 g/mol. The SMILES string of the molecule is CO[C@H]1O[C@H](CN)[C@H]2OC(C)(C)O[C@@H]12. The van der Waals surface area contributed by atoms with Crippen molar-refractivity contribution < 1.29 is 18.9 Å². The van der Waals surface area contributed by atoms with Gasteiger partial charge in [-0.15, -0.1) is 0 Å². The highest BCUT2D eigenvalue weighted by Gasteiger charge is 2.54. The molecule has 2 aliphatic rings. The number of hydrogen-bond donors (Lipinski definition) is 1. The van der Waals surface area contributed by atoms with Crippen LogP contribution in [0.5, 0.6) is 0 Å². The summed E-state index contributed by atoms with van der Waals surface area (Å²) in [5.41, 5.74) is 5.58. The van der Waals surface area contributed by atoms with Crippen LogP contribution < -0.4 is 5.73 Å². The lowest BCUT2D eigenvalue weighted by Crippen LogP contribution is -2.34. The molecule has 14 heavy (non-hydrogen) atoms. The highest BCUT2D eigenvalue weighted by molar-refractivity contribution is 4.95. The van der Waals surface area contributed by atoms with E-state index in [0.29, 0.717) is 6.54 Å². The zero-order valence-corrected chi connectivity index (χ0v) is 8.73. The first-order valence-corrected chi connectivity index (χ1v) is 4.81. The number of methoxy groups -OCH3 is 1. The molecule has 0 unspecified atom stereocenters. The van der Waals surface area contributed by atoms with Gasteiger partial charge in [0.2, 0.25) is 0 Å². The minimum Gasteiger partial charge on any atom is -0.353 e. The molecule has 2 heterocycles. The molecule has 0 aromatic rings. The van der Waals surface area contributed by atoms with Gasteiger partial charge in [-0.2, -0.15) is 0 Å². The Hall–Kier alpha value is -0.200. The molecule has 2 saturated heterocycles. The lowest BCUT2D eigenvalue weighted by molar-refractivity contribution is -0.225. The Morgan fingerprint density at radius 3 is 2.50 bits per heavy atom. The monoisotopic (exact) mass is 203 g/mol. The van der Waals surface area contributed by atoms with Gasteiger partial charge in [0.25, 0.3) is 0 Å². The van der Waals surface area contributed by atoms with Crippen LogP contribution in [0.2, 0.25) is 0 Å². The molecular weight excluding hydrogens is 186 g/mol. The van der Waals surface area contributed by atoms with E-state index in [1.807, 2.05) is 13.8 Å². The van der Waals surface area contributed by atoms with Gasteiger partial charge in [-0.1, -0.05) is 0 Å². The van der Waals surface area contributed by atoms with Crippen LogP contribution in [0.25, 0.3) is 0 Å². The van der Waals surface area contributed by atoms with Crippen LogP contribution >= 0.6 is 0 Å². The van der Waals surface area contributed by atoms with E-state index in [2.05, 4.69) is 0 Å². The second-order valence-corrected chi connectivity index (χ2v) is 4.08. The van der Waals surface area contributed by atoms with Crippen LogP contribution in [0.4, 0.5) is 0 Å². The lowest BCUT2D eigenvalue weighted by atomic mass is 10.1. The summed E-state index contributed by atoms with van der Waals surface area (Å²) in [6.45, 7) is 4.18. The molecule has 0 amide bonds. The summed E-state index contributed by atoms with van der Waals surface area (Å²) in [6.07, 6.45) is -0.773. The largest absolute Gasteiger partial charge is 0.353 e. The van der Waals surface area contributed by atoms with Gasteiger partial charge >= 0.3 is 0 Å². The Bertz CT molecular complexity index is 201. The molecule has 2 aliphatic heterocycles. The van der Waals surface area contributed by atoms with Crippen LogP contribution in [0.1, 0.15) is 13.8 Å². The Labute approximate surface area is 83.4 Å². The molecule has 2 rings (SSSR count). The number of hydrogen-bond acceptors (Lipinski definition) is 5. The smallest absolute Gasteiger partial charge is 0.186 e. The van der Waals surface area contributed by atoms with Crippen molar-refractivity contribution in [3.63, 3.8) is 0 Å². The summed E-state index contributed by atoms with van der Waals surface area (Å²) in [5, 5.41) is 0. The van der Waals surface area contributed by atoms with Gasteiger partial charge in [0.15, 0.2) is 12.1 Å². The third-order valence-corrected chi connectivity index (χ3v) is 2.57. The summed E-state index contributed by atoms with van der Waals surface area (Å²) in [5.74, 6) is -0.566. The van der Waals surface area contributed by atoms with E-state index in [1.54, 1.807) is 7.11 Å². The third kappa shape index (κ3) is 1.55. The van der Waals surface area contributed by atoms with E-state index < -0.39 is 5.79 Å². The predicted octanol–water partition coefficient (Wildman–Crippen LogP) is -0.163. The van der Waals surface area contributed by atoms with Crippen LogP contribution in [0.3, 0.4) is 0 Å². The molecule has 82 valence electrons. The standard InChI is InChI=1S/C9H17NO4/c1-9(2)13-6-5(4-10)12-8(11-3)7(6)14-9/h5-8H,4,10H2,1-3H3/t5-,6-,7-,8+/m1/s1. The van der Waals surface area contributed by atoms with Crippen LogP contribution in [-0.4, -0.2) is 44.0 Å². The van der Waals surface area contributed by atoms with Crippen molar-refractivity contribution in [1.82, 2.24) is 0 Å². The lowest BCUT2D eigenvalue weighted by Gasteiger charge is -2.22. The number of fused-ring (bicyclic) bond motifs is 1. The van der Waals surface area contributed by atoms with Crippen LogP contribution in [0, 0.1) is 0 Å². The molecule has 0 aromatic carbocycles. The fourth-order valence-corrected chi connectivity index (χ4v) is 2.02. The molecule has 0 radical (unpaired) electrons. The Kier molecular flexibility index (Phi) is 2.53. The number of ether oxygens (including phenoxy) is 4. The van der Waals surface area contributed by atoms with E-state index >= 15 is 0 Å². The van der Waals surface area contributed by atoms with E-state index in [4.69, 9.17) is 24.7 Å². The first-order valence-electron chi connectivity index (χ1n) is 4.81. The van der Waals surface area contributed by atoms with Crippen molar-refractivity contribution in [2.24, 2.45) is 5.73 Å². The summed E-state index contributed by atoms with van der Waals surface area (Å²) in [6, 6.07) is 0. The Balaban J connectivity index is 2.12. The first kappa shape index (κ1) is 10.3. The summed E-state index contributed by atoms with van der Waals surface area (Å²) < 4.78 is 22.1. The molecule has 0 aliphatic carbocycles. The van der Waals surface area contributed by atoms with Crippen LogP contribution in [0.15, 0.2) is 0 Å². The maximum absolute atomic E-state index is 5.70. The van der Waals surface area contributed by atoms with Crippen LogP contribution in [-0.2, 0) is 18.9 Å². The van der Waals surface area contributed by atoms with Gasteiger partial charge < -0.3 is 24.7 Å². The molecule has 0 saturated carbocycles. The third-order valence-electron chi connectivity index (χ3n) is 2.57. The quantitative estimate of drug-likeness (QED) is 0.675. The normalized spacial score (nSPS) is 45.4. The van der Waals surface area contributed by atoms with E-state index in [-0.39, 0.29) is 24.6 Å². The van der Waals surface area contributed by atoms with Crippen molar-refractivity contribution in [1.29, 1.82) is 0 Å². The molecule has 2 fully saturated rings. The summed E-state index contributed by atoms with van der Waals surface area (Å²) in [4.78, 5) is 0. The number of nitrogens with two attached hydrogens (primary N) is 1. The fraction of sp³-hybridized carbons (Fsp3) is 1.00. The van der Waals surface area contributed by atoms with Crippen molar-refractivity contribution in [3.05, 3.63) is 0 Å². The van der Waals surface area contributed by atoms with Gasteiger partial charge in [0.1, 0.15) is 18.3 Å². The fourth-order valence-electron chi connectivity index (χ4n) is 2.02. The van der Waals surface area contributed by atoms with Gasteiger partial charge in [-0.05, 0) is 13.8 Å². The molecule has 5 nitrogen and oxygen atoms in total. The van der Waals surface area contributed by atoms with E-state index in [9.17, 15) is 0 Å². The maximum Gasteiger partial charge on any atom is 0.186 e. The zero-order chi connectivity index (χ0) is 10.3. The average Bonchev–Trinajstić information content (AvgIpc) is 2.57. The molecular formula is C9H17NO4. The second-order valence-electron chi connectivity index (χ2n) is 4.08. The molecule has 0 spiro atoms. The highest BCUT2D eigenvalue weighted by Crippen LogP contribution is 2.38. The summed E-state index contributed by atoms with van der Waals surface area (Å²) in [7, 11) is 1.59. The van der Waals surface area contributed by atoms with Gasteiger partial charge in [-0.25, -0.2) is 0 Å². The molecule has 4 atom stereocenters. The molecule has 0 bridgehead atoms. The van der Waals surface area contributed by atoms with Crippen molar-refractivity contribution in [3.8, 4) is 0 Å². The zero-order valence-electron chi connectivity index (χ0n) is 8.73. The maximum atomic E-state index is 5.70. The minimum atomic E-state index is -0.566. The second kappa shape index (κ2) is 3.43. The Morgan fingerprint density at radius 2 is 1.93 bits per heavy atom. The highest BCUT2D eigenvalue weighted by atomic mass is 16.8. The molecule has 5 heteroatoms. The van der Waals surface area contributed by atoms with Crippen molar-refractivity contribution in [2.45, 2.75) is 44.2 Å². The first-order chi connectivity index (χ1) is 6.57. The van der Waals surface area contributed by atoms with E-state index in [0.717, 1.165) is 0 Å². The molecule has 2 N–H and O–H groups in total. The number of rotatable bonds is 2. The van der Waals surface area contributed by atoms with Gasteiger partial charge in [0.05, 0.1) is 0 Å². The van der Waals surface area contributed by atoms with Gasteiger partial charge in [-0.3, -0.25) is 0 Å². The van der Waals surface area contributed by atoms with E-state index in [1.165, 1.54) is 0 Å².